The average molecular weight is 403 g/mol. The van der Waals surface area contributed by atoms with Crippen LogP contribution in [0.25, 0.3) is 0 Å². The lowest BCUT2D eigenvalue weighted by atomic mass is 10.1. The first-order valence-electron chi connectivity index (χ1n) is 8.92. The lowest BCUT2D eigenvalue weighted by Crippen LogP contribution is -2.31. The molecule has 3 rings (SSSR count). The highest BCUT2D eigenvalue weighted by atomic mass is 32.2. The predicted octanol–water partition coefficient (Wildman–Crippen LogP) is 2.18. The van der Waals surface area contributed by atoms with Crippen molar-refractivity contribution < 1.29 is 27.5 Å². The van der Waals surface area contributed by atoms with Gasteiger partial charge >= 0.3 is 5.97 Å². The summed E-state index contributed by atoms with van der Waals surface area (Å²) in [6.07, 6.45) is 1.65. The molecule has 1 N–H and O–H groups in total. The number of hydrogen-bond donors (Lipinski definition) is 1. The minimum atomic E-state index is -3.69. The number of ether oxygens (including phenoxy) is 2. The fraction of sp³-hybridized carbons (Fsp3) is 0.300. The Labute approximate surface area is 163 Å². The van der Waals surface area contributed by atoms with Gasteiger partial charge in [0.25, 0.3) is 0 Å². The maximum absolute atomic E-state index is 12.3. The first-order valence-corrected chi connectivity index (χ1v) is 10.4. The molecule has 7 nitrogen and oxygen atoms in total. The summed E-state index contributed by atoms with van der Waals surface area (Å²) >= 11 is 0. The second kappa shape index (κ2) is 9.09. The SMILES string of the molecule is O=C(COC(=O)c1ccc(S(=O)(=O)NC[C@H]2CCCO2)cc1)c1ccccc1. The van der Waals surface area contributed by atoms with Crippen LogP contribution in [0.4, 0.5) is 0 Å². The third-order valence-electron chi connectivity index (χ3n) is 4.36. The third-order valence-corrected chi connectivity index (χ3v) is 5.79. The van der Waals surface area contributed by atoms with E-state index in [9.17, 15) is 18.0 Å². The van der Waals surface area contributed by atoms with Crippen LogP contribution < -0.4 is 4.72 Å². The highest BCUT2D eigenvalue weighted by Gasteiger charge is 2.21. The largest absolute Gasteiger partial charge is 0.454 e. The van der Waals surface area contributed by atoms with Crippen molar-refractivity contribution in [2.24, 2.45) is 0 Å². The van der Waals surface area contributed by atoms with Crippen molar-refractivity contribution >= 4 is 21.8 Å². The Morgan fingerprint density at radius 3 is 2.39 bits per heavy atom. The van der Waals surface area contributed by atoms with Crippen LogP contribution in [0.5, 0.6) is 0 Å². The van der Waals surface area contributed by atoms with Crippen LogP contribution in [-0.4, -0.2) is 46.0 Å². The summed E-state index contributed by atoms with van der Waals surface area (Å²) in [6.45, 7) is 0.482. The highest BCUT2D eigenvalue weighted by molar-refractivity contribution is 7.89. The van der Waals surface area contributed by atoms with Crippen LogP contribution in [0.3, 0.4) is 0 Å². The quantitative estimate of drug-likeness (QED) is 0.536. The maximum Gasteiger partial charge on any atom is 0.338 e. The molecule has 28 heavy (non-hydrogen) atoms. The van der Waals surface area contributed by atoms with Gasteiger partial charge in [0.1, 0.15) is 0 Å². The first kappa shape index (κ1) is 20.2. The van der Waals surface area contributed by atoms with Crippen molar-refractivity contribution in [1.29, 1.82) is 0 Å². The molecule has 0 bridgehead atoms. The smallest absolute Gasteiger partial charge is 0.338 e. The van der Waals surface area contributed by atoms with Gasteiger partial charge in [-0.25, -0.2) is 17.9 Å². The number of ketones is 1. The Hall–Kier alpha value is -2.55. The summed E-state index contributed by atoms with van der Waals surface area (Å²) in [5.74, 6) is -1.01. The van der Waals surface area contributed by atoms with E-state index in [1.165, 1.54) is 24.3 Å². The zero-order chi connectivity index (χ0) is 20.0. The van der Waals surface area contributed by atoms with Gasteiger partial charge in [0, 0.05) is 18.7 Å². The van der Waals surface area contributed by atoms with Gasteiger partial charge < -0.3 is 9.47 Å². The van der Waals surface area contributed by atoms with Crippen LogP contribution >= 0.6 is 0 Å². The number of hydrogen-bond acceptors (Lipinski definition) is 6. The van der Waals surface area contributed by atoms with E-state index in [-0.39, 0.29) is 35.5 Å². The average Bonchev–Trinajstić information content (AvgIpc) is 3.25. The minimum Gasteiger partial charge on any atom is -0.454 e. The summed E-state index contributed by atoms with van der Waals surface area (Å²) in [5, 5.41) is 0. The van der Waals surface area contributed by atoms with E-state index in [0.29, 0.717) is 12.2 Å². The van der Waals surface area contributed by atoms with Gasteiger partial charge in [0.2, 0.25) is 10.0 Å². The van der Waals surface area contributed by atoms with Gasteiger partial charge in [0.05, 0.1) is 16.6 Å². The number of Topliss-reactive ketones (excluding diaryl/α,β-unsaturated/α-hetero) is 1. The van der Waals surface area contributed by atoms with E-state index < -0.39 is 16.0 Å². The molecule has 0 amide bonds. The molecule has 2 aromatic carbocycles. The molecule has 0 radical (unpaired) electrons. The molecule has 0 aromatic heterocycles. The zero-order valence-corrected chi connectivity index (χ0v) is 16.0. The summed E-state index contributed by atoms with van der Waals surface area (Å²) in [6, 6.07) is 13.9. The molecule has 8 heteroatoms. The van der Waals surface area contributed by atoms with Crippen molar-refractivity contribution in [1.82, 2.24) is 4.72 Å². The van der Waals surface area contributed by atoms with Crippen LogP contribution in [0, 0.1) is 0 Å². The van der Waals surface area contributed by atoms with Gasteiger partial charge in [-0.15, -0.1) is 0 Å². The molecular weight excluding hydrogens is 382 g/mol. The Bertz CT molecular complexity index is 919. The van der Waals surface area contributed by atoms with Gasteiger partial charge in [-0.3, -0.25) is 4.79 Å². The first-order chi connectivity index (χ1) is 13.5. The third kappa shape index (κ3) is 5.25. The highest BCUT2D eigenvalue weighted by Crippen LogP contribution is 2.14. The summed E-state index contributed by atoms with van der Waals surface area (Å²) < 4.78 is 37.6. The molecule has 0 saturated carbocycles. The fourth-order valence-corrected chi connectivity index (χ4v) is 3.85. The van der Waals surface area contributed by atoms with Gasteiger partial charge in [0.15, 0.2) is 12.4 Å². The standard InChI is InChI=1S/C20H21NO6S/c22-19(15-5-2-1-3-6-15)14-27-20(23)16-8-10-18(11-9-16)28(24,25)21-13-17-7-4-12-26-17/h1-3,5-6,8-11,17,21H,4,7,12-14H2/t17-/m1/s1. The van der Waals surface area contributed by atoms with E-state index in [1.807, 2.05) is 0 Å². The molecule has 0 unspecified atom stereocenters. The molecule has 1 aliphatic heterocycles. The Balaban J connectivity index is 1.55. The number of carbonyl (C=O) groups excluding carboxylic acids is 2. The van der Waals surface area contributed by atoms with Gasteiger partial charge in [-0.1, -0.05) is 30.3 Å². The maximum atomic E-state index is 12.3. The van der Waals surface area contributed by atoms with Crippen molar-refractivity contribution in [3.05, 3.63) is 65.7 Å². The van der Waals surface area contributed by atoms with Crippen LogP contribution in [-0.2, 0) is 19.5 Å². The normalized spacial score (nSPS) is 16.6. The van der Waals surface area contributed by atoms with Gasteiger partial charge in [-0.2, -0.15) is 0 Å². The van der Waals surface area contributed by atoms with Crippen molar-refractivity contribution in [2.75, 3.05) is 19.8 Å². The molecule has 1 atom stereocenters. The summed E-state index contributed by atoms with van der Waals surface area (Å²) in [7, 11) is -3.69. The summed E-state index contributed by atoms with van der Waals surface area (Å²) in [4.78, 5) is 24.1. The Morgan fingerprint density at radius 2 is 1.75 bits per heavy atom. The molecule has 0 aliphatic carbocycles. The minimum absolute atomic E-state index is 0.0439. The second-order valence-electron chi connectivity index (χ2n) is 6.38. The van der Waals surface area contributed by atoms with E-state index in [0.717, 1.165) is 12.8 Å². The molecule has 148 valence electrons. The molecule has 0 spiro atoms. The van der Waals surface area contributed by atoms with Crippen LogP contribution in [0.15, 0.2) is 59.5 Å². The van der Waals surface area contributed by atoms with Crippen molar-refractivity contribution in [3.63, 3.8) is 0 Å². The number of nitrogens with one attached hydrogen (secondary N) is 1. The topological polar surface area (TPSA) is 98.8 Å². The van der Waals surface area contributed by atoms with Crippen molar-refractivity contribution in [2.45, 2.75) is 23.8 Å². The Kier molecular flexibility index (Phi) is 6.56. The monoisotopic (exact) mass is 403 g/mol. The number of carbonyl (C=O) groups is 2. The number of sulfonamides is 1. The molecular formula is C20H21NO6S. The molecule has 1 aliphatic rings. The fourth-order valence-electron chi connectivity index (χ4n) is 2.78. The number of esters is 1. The Morgan fingerprint density at radius 1 is 1.04 bits per heavy atom. The number of benzene rings is 2. The van der Waals surface area contributed by atoms with Crippen LogP contribution in [0.1, 0.15) is 33.6 Å². The molecule has 1 saturated heterocycles. The predicted molar refractivity (Wildman–Crippen MR) is 102 cm³/mol. The molecule has 1 fully saturated rings. The lowest BCUT2D eigenvalue weighted by molar-refractivity contribution is 0.0474. The molecule has 1 heterocycles. The van der Waals surface area contributed by atoms with E-state index in [1.54, 1.807) is 30.3 Å². The van der Waals surface area contributed by atoms with Gasteiger partial charge in [-0.05, 0) is 37.1 Å². The lowest BCUT2D eigenvalue weighted by Gasteiger charge is -2.11. The van der Waals surface area contributed by atoms with Crippen LogP contribution in [0.2, 0.25) is 0 Å². The second-order valence-corrected chi connectivity index (χ2v) is 8.14. The summed E-state index contributed by atoms with van der Waals surface area (Å²) in [5.41, 5.74) is 0.619. The zero-order valence-electron chi connectivity index (χ0n) is 15.2. The molecule has 2 aromatic rings. The number of rotatable bonds is 8. The van der Waals surface area contributed by atoms with E-state index in [2.05, 4.69) is 4.72 Å². The van der Waals surface area contributed by atoms with E-state index >= 15 is 0 Å². The van der Waals surface area contributed by atoms with Crippen molar-refractivity contribution in [3.8, 4) is 0 Å². The van der Waals surface area contributed by atoms with E-state index in [4.69, 9.17) is 9.47 Å².